The second-order valence-electron chi connectivity index (χ2n) is 12.3. The molecule has 3 aliphatic carbocycles. The molecule has 0 saturated heterocycles. The minimum atomic E-state index is -4.71. The van der Waals surface area contributed by atoms with E-state index in [0.717, 1.165) is 24.0 Å². The fourth-order valence-electron chi connectivity index (χ4n) is 7.32. The van der Waals surface area contributed by atoms with Crippen molar-refractivity contribution in [1.82, 2.24) is 0 Å². The van der Waals surface area contributed by atoms with E-state index in [4.69, 9.17) is 9.71 Å². The summed E-state index contributed by atoms with van der Waals surface area (Å²) < 4.78 is 67.0. The van der Waals surface area contributed by atoms with Crippen molar-refractivity contribution in [3.8, 4) is 16.9 Å². The first-order valence-electron chi connectivity index (χ1n) is 15.7. The molecule has 0 heterocycles. The van der Waals surface area contributed by atoms with Crippen LogP contribution in [0.25, 0.3) is 34.3 Å². The predicted molar refractivity (Wildman–Crippen MR) is 186 cm³/mol. The Kier molecular flexibility index (Phi) is 8.22. The molecule has 7 rings (SSSR count). The topological polar surface area (TPSA) is 205 Å². The monoisotopic (exact) mass is 718 g/mol. The third-order valence-electron chi connectivity index (χ3n) is 9.59. The maximum atomic E-state index is 13.6. The Labute approximate surface area is 292 Å². The summed E-state index contributed by atoms with van der Waals surface area (Å²) in [5.74, 6) is -1.31. The molecule has 0 radical (unpaired) electrons. The minimum Gasteiger partial charge on any atom is -0.379 e. The highest BCUT2D eigenvalue weighted by Gasteiger charge is 2.41. The number of allylic oxidation sites excluding steroid dienone is 2. The van der Waals surface area contributed by atoms with Gasteiger partial charge in [0.05, 0.1) is 0 Å². The lowest BCUT2D eigenvalue weighted by molar-refractivity contribution is -0.00458. The van der Waals surface area contributed by atoms with Gasteiger partial charge in [-0.15, -0.1) is 0 Å². The Hall–Kier alpha value is -5.88. The van der Waals surface area contributed by atoms with Crippen molar-refractivity contribution < 1.29 is 44.7 Å². The molecule has 12 nitrogen and oxygen atoms in total. The third kappa shape index (κ3) is 5.61. The van der Waals surface area contributed by atoms with Gasteiger partial charge in [0, 0.05) is 39.8 Å². The zero-order valence-electron chi connectivity index (χ0n) is 26.6. The average Bonchev–Trinajstić information content (AvgIpc) is 3.62. The molecule has 1 saturated carbocycles. The highest BCUT2D eigenvalue weighted by atomic mass is 32.2. The van der Waals surface area contributed by atoms with Crippen molar-refractivity contribution in [2.45, 2.75) is 40.9 Å². The van der Waals surface area contributed by atoms with E-state index in [1.165, 1.54) is 54.6 Å². The zero-order valence-corrected chi connectivity index (χ0v) is 28.2. The summed E-state index contributed by atoms with van der Waals surface area (Å²) in [4.78, 5) is 31.6. The van der Waals surface area contributed by atoms with E-state index in [1.54, 1.807) is 30.3 Å². The Morgan fingerprint density at radius 1 is 0.647 bits per heavy atom. The minimum absolute atomic E-state index is 0.0214. The van der Waals surface area contributed by atoms with Gasteiger partial charge >= 0.3 is 21.5 Å². The largest absolute Gasteiger partial charge is 0.379 e. The molecule has 254 valence electrons. The van der Waals surface area contributed by atoms with Gasteiger partial charge in [0.1, 0.15) is 15.5 Å². The lowest BCUT2D eigenvalue weighted by atomic mass is 9.70. The van der Waals surface area contributed by atoms with Crippen molar-refractivity contribution in [3.63, 3.8) is 0 Å². The van der Waals surface area contributed by atoms with E-state index in [0.29, 0.717) is 24.0 Å². The quantitative estimate of drug-likeness (QED) is 0.104. The summed E-state index contributed by atoms with van der Waals surface area (Å²) in [5.41, 5.74) is 20.3. The van der Waals surface area contributed by atoms with Gasteiger partial charge in [0.25, 0.3) is 21.7 Å². The molecule has 0 bridgehead atoms. The second-order valence-corrected chi connectivity index (χ2v) is 15.2. The van der Waals surface area contributed by atoms with E-state index in [-0.39, 0.29) is 44.3 Å². The third-order valence-corrected chi connectivity index (χ3v) is 11.8. The molecule has 4 aromatic carbocycles. The number of Topliss-reactive ketones (excluding diaryl/α,β-unsaturated/α-hetero) is 2. The van der Waals surface area contributed by atoms with Gasteiger partial charge in [0.2, 0.25) is 0 Å². The summed E-state index contributed by atoms with van der Waals surface area (Å²) in [5, 5.41) is 0. The predicted octanol–water partition coefficient (Wildman–Crippen LogP) is 5.99. The van der Waals surface area contributed by atoms with Crippen molar-refractivity contribution in [3.05, 3.63) is 135 Å². The van der Waals surface area contributed by atoms with Crippen molar-refractivity contribution in [2.24, 2.45) is 0 Å². The molecule has 14 heteroatoms. The lowest BCUT2D eigenvalue weighted by Gasteiger charge is -2.33. The number of rotatable bonds is 7. The van der Waals surface area contributed by atoms with Gasteiger partial charge in [-0.2, -0.15) is 26.4 Å². The summed E-state index contributed by atoms with van der Waals surface area (Å²) in [6, 6.07) is 20.9. The maximum absolute atomic E-state index is 13.6. The standard InChI is InChI=1S/C37H26N4O8S2/c38-40-30-17-14-25-27(35(30)42)7-5-9-33(25)51(47,48)49-23-12-10-22(11-13-23)37(20-3-4-21-37)29-8-2-1-6-24(29)26-16-19-32(50(44,45)46)28-15-18-31(41-39)36(43)34(26)28/h1-2,5-19H,3-4,20-21H2,(H,44,45,46). The summed E-state index contributed by atoms with van der Waals surface area (Å²) in [7, 11) is -9.12. The van der Waals surface area contributed by atoms with Crippen LogP contribution in [0.5, 0.6) is 5.75 Å². The number of carbonyl (C=O) groups is 2. The van der Waals surface area contributed by atoms with Crippen LogP contribution >= 0.6 is 0 Å². The Morgan fingerprint density at radius 2 is 1.27 bits per heavy atom. The van der Waals surface area contributed by atoms with Gasteiger partial charge in [-0.1, -0.05) is 67.4 Å². The van der Waals surface area contributed by atoms with E-state index in [2.05, 4.69) is 9.58 Å². The number of fused-ring (bicyclic) bond motifs is 2. The molecule has 0 spiro atoms. The van der Waals surface area contributed by atoms with Gasteiger partial charge < -0.3 is 15.2 Å². The molecule has 1 fully saturated rings. The van der Waals surface area contributed by atoms with Crippen LogP contribution in [0.3, 0.4) is 0 Å². The molecular formula is C37H26N4O8S2. The lowest BCUT2D eigenvalue weighted by Crippen LogP contribution is -2.26. The van der Waals surface area contributed by atoms with Crippen LogP contribution in [0, 0.1) is 0 Å². The molecule has 3 aliphatic rings. The van der Waals surface area contributed by atoms with E-state index in [1.807, 2.05) is 18.2 Å². The fourth-order valence-corrected chi connectivity index (χ4v) is 9.15. The molecule has 0 unspecified atom stereocenters. The number of carbonyl (C=O) groups excluding carboxylic acids is 2. The number of ketones is 2. The maximum Gasteiger partial charge on any atom is 0.362 e. The molecular weight excluding hydrogens is 693 g/mol. The van der Waals surface area contributed by atoms with Crippen LogP contribution in [0.4, 0.5) is 0 Å². The highest BCUT2D eigenvalue weighted by molar-refractivity contribution is 7.87. The molecule has 1 N–H and O–H groups in total. The smallest absolute Gasteiger partial charge is 0.362 e. The van der Waals surface area contributed by atoms with Crippen molar-refractivity contribution in [2.75, 3.05) is 0 Å². The van der Waals surface area contributed by atoms with Crippen LogP contribution in [0.15, 0.2) is 101 Å². The van der Waals surface area contributed by atoms with Crippen molar-refractivity contribution in [1.29, 1.82) is 0 Å². The molecule has 0 atom stereocenters. The number of hydrogen-bond donors (Lipinski definition) is 1. The Bertz CT molecular complexity index is 2590. The number of benzene rings is 4. The first-order valence-corrected chi connectivity index (χ1v) is 18.6. The van der Waals surface area contributed by atoms with Gasteiger partial charge in [-0.25, -0.2) is 0 Å². The summed E-state index contributed by atoms with van der Waals surface area (Å²) in [6.07, 6.45) is 8.26. The molecule has 0 aliphatic heterocycles. The SMILES string of the molecule is [N-]=[N+]=C1C=Cc2c(cccc2S(=O)(=O)Oc2ccc(C3(c4ccccc4-c4ccc(S(=O)(=O)O)c5c4C(=O)C(=[N+]=[N-])C=C5)CCCC3)cc2)C1=O. The second kappa shape index (κ2) is 12.5. The molecule has 0 aromatic heterocycles. The van der Waals surface area contributed by atoms with Gasteiger partial charge in [-0.3, -0.25) is 14.1 Å². The van der Waals surface area contributed by atoms with Crippen LogP contribution in [0.2, 0.25) is 0 Å². The summed E-state index contributed by atoms with van der Waals surface area (Å²) >= 11 is 0. The number of hydrogen-bond acceptors (Lipinski definition) is 7. The normalized spacial score (nSPS) is 16.3. The van der Waals surface area contributed by atoms with Crippen LogP contribution in [0.1, 0.15) is 68.7 Å². The van der Waals surface area contributed by atoms with Crippen LogP contribution in [-0.2, 0) is 25.7 Å². The molecule has 0 amide bonds. The fraction of sp³-hybridized carbons (Fsp3) is 0.135. The van der Waals surface area contributed by atoms with Gasteiger partial charge in [0.15, 0.2) is 0 Å². The van der Waals surface area contributed by atoms with E-state index < -0.39 is 42.1 Å². The van der Waals surface area contributed by atoms with Gasteiger partial charge in [-0.05, 0) is 71.5 Å². The molecule has 4 aromatic rings. The van der Waals surface area contributed by atoms with Crippen LogP contribution in [-0.4, -0.2) is 54.0 Å². The first kappa shape index (κ1) is 33.6. The molecule has 51 heavy (non-hydrogen) atoms. The highest BCUT2D eigenvalue weighted by Crippen LogP contribution is 2.50. The van der Waals surface area contributed by atoms with Crippen molar-refractivity contribution >= 4 is 55.4 Å². The zero-order chi connectivity index (χ0) is 36.1. The van der Waals surface area contributed by atoms with E-state index in [9.17, 15) is 36.5 Å². The Balaban J connectivity index is 1.29. The summed E-state index contributed by atoms with van der Waals surface area (Å²) in [6.45, 7) is 0. The van der Waals surface area contributed by atoms with Crippen LogP contribution < -0.4 is 4.18 Å². The first-order chi connectivity index (χ1) is 24.4. The number of nitrogens with zero attached hydrogens (tertiary/aromatic N) is 4. The Morgan fingerprint density at radius 3 is 1.94 bits per heavy atom. The average molecular weight is 719 g/mol. The van der Waals surface area contributed by atoms with E-state index >= 15 is 0 Å².